The van der Waals surface area contributed by atoms with Crippen LogP contribution in [0.2, 0.25) is 0 Å². The van der Waals surface area contributed by atoms with Gasteiger partial charge in [-0.25, -0.2) is 4.39 Å². The summed E-state index contributed by atoms with van der Waals surface area (Å²) in [6.45, 7) is 0.248. The average molecular weight is 259 g/mol. The SMILES string of the molecule is OCCCCCc1cccnc1-c1ccc(F)cc1. The quantitative estimate of drug-likeness (QED) is 0.804. The third-order valence-corrected chi connectivity index (χ3v) is 3.11. The first-order valence-corrected chi connectivity index (χ1v) is 6.62. The smallest absolute Gasteiger partial charge is 0.123 e. The van der Waals surface area contributed by atoms with Crippen LogP contribution in [0.3, 0.4) is 0 Å². The average Bonchev–Trinajstić information content (AvgIpc) is 2.45. The topological polar surface area (TPSA) is 33.1 Å². The van der Waals surface area contributed by atoms with Crippen LogP contribution in [-0.4, -0.2) is 16.7 Å². The molecule has 2 nitrogen and oxygen atoms in total. The number of unbranched alkanes of at least 4 members (excludes halogenated alkanes) is 2. The predicted molar refractivity (Wildman–Crippen MR) is 74.3 cm³/mol. The molecule has 0 aliphatic rings. The summed E-state index contributed by atoms with van der Waals surface area (Å²) in [5, 5.41) is 8.77. The maximum atomic E-state index is 12.9. The van der Waals surface area contributed by atoms with E-state index in [4.69, 9.17) is 5.11 Å². The van der Waals surface area contributed by atoms with Crippen molar-refractivity contribution in [1.29, 1.82) is 0 Å². The third kappa shape index (κ3) is 3.86. The Bertz CT molecular complexity index is 510. The van der Waals surface area contributed by atoms with Crippen molar-refractivity contribution in [2.45, 2.75) is 25.7 Å². The van der Waals surface area contributed by atoms with Crippen molar-refractivity contribution in [1.82, 2.24) is 4.98 Å². The fourth-order valence-corrected chi connectivity index (χ4v) is 2.11. The van der Waals surface area contributed by atoms with Crippen molar-refractivity contribution in [3.05, 3.63) is 54.0 Å². The van der Waals surface area contributed by atoms with Gasteiger partial charge in [-0.3, -0.25) is 4.98 Å². The zero-order chi connectivity index (χ0) is 13.5. The molecule has 2 rings (SSSR count). The van der Waals surface area contributed by atoms with E-state index >= 15 is 0 Å². The van der Waals surface area contributed by atoms with E-state index in [1.165, 1.54) is 17.7 Å². The van der Waals surface area contributed by atoms with Crippen LogP contribution in [0, 0.1) is 5.82 Å². The van der Waals surface area contributed by atoms with Gasteiger partial charge in [0.1, 0.15) is 5.82 Å². The lowest BCUT2D eigenvalue weighted by atomic mass is 10.0. The minimum Gasteiger partial charge on any atom is -0.396 e. The van der Waals surface area contributed by atoms with Gasteiger partial charge in [0.25, 0.3) is 0 Å². The summed E-state index contributed by atoms with van der Waals surface area (Å²) in [6, 6.07) is 10.4. The van der Waals surface area contributed by atoms with Crippen LogP contribution in [0.1, 0.15) is 24.8 Å². The molecular formula is C16H18FNO. The van der Waals surface area contributed by atoms with Gasteiger partial charge in [0.05, 0.1) is 5.69 Å². The van der Waals surface area contributed by atoms with Crippen LogP contribution >= 0.6 is 0 Å². The number of aryl methyl sites for hydroxylation is 1. The Morgan fingerprint density at radius 1 is 1.00 bits per heavy atom. The van der Waals surface area contributed by atoms with Gasteiger partial charge >= 0.3 is 0 Å². The zero-order valence-corrected chi connectivity index (χ0v) is 10.8. The van der Waals surface area contributed by atoms with E-state index in [9.17, 15) is 4.39 Å². The molecule has 0 unspecified atom stereocenters. The lowest BCUT2D eigenvalue weighted by Gasteiger charge is -2.08. The Hall–Kier alpha value is -1.74. The molecule has 19 heavy (non-hydrogen) atoms. The van der Waals surface area contributed by atoms with Gasteiger partial charge in [0.15, 0.2) is 0 Å². The fourth-order valence-electron chi connectivity index (χ4n) is 2.11. The van der Waals surface area contributed by atoms with Crippen molar-refractivity contribution >= 4 is 0 Å². The molecule has 2 aromatic rings. The van der Waals surface area contributed by atoms with E-state index in [0.717, 1.165) is 36.9 Å². The van der Waals surface area contributed by atoms with E-state index in [-0.39, 0.29) is 12.4 Å². The van der Waals surface area contributed by atoms with Gasteiger partial charge < -0.3 is 5.11 Å². The molecule has 0 aliphatic carbocycles. The Morgan fingerprint density at radius 2 is 1.79 bits per heavy atom. The summed E-state index contributed by atoms with van der Waals surface area (Å²) in [4.78, 5) is 4.41. The molecule has 1 N–H and O–H groups in total. The first-order valence-electron chi connectivity index (χ1n) is 6.62. The molecule has 0 fully saturated rings. The molecule has 0 amide bonds. The number of aliphatic hydroxyl groups is 1. The maximum absolute atomic E-state index is 12.9. The van der Waals surface area contributed by atoms with Crippen LogP contribution in [0.25, 0.3) is 11.3 Å². The number of aliphatic hydroxyl groups excluding tert-OH is 1. The second kappa shape index (κ2) is 7.00. The summed E-state index contributed by atoms with van der Waals surface area (Å²) in [5.74, 6) is -0.232. The van der Waals surface area contributed by atoms with Gasteiger partial charge in [-0.1, -0.05) is 12.5 Å². The van der Waals surface area contributed by atoms with Gasteiger partial charge in [-0.15, -0.1) is 0 Å². The Morgan fingerprint density at radius 3 is 2.53 bits per heavy atom. The first-order chi connectivity index (χ1) is 9.31. The summed E-state index contributed by atoms with van der Waals surface area (Å²) in [6.07, 6.45) is 5.57. The van der Waals surface area contributed by atoms with Crippen molar-refractivity contribution < 1.29 is 9.50 Å². The van der Waals surface area contributed by atoms with E-state index in [1.807, 2.05) is 6.07 Å². The number of nitrogens with zero attached hydrogens (tertiary/aromatic N) is 1. The van der Waals surface area contributed by atoms with Gasteiger partial charge in [0.2, 0.25) is 0 Å². The maximum Gasteiger partial charge on any atom is 0.123 e. The lowest BCUT2D eigenvalue weighted by molar-refractivity contribution is 0.283. The molecule has 0 saturated heterocycles. The van der Waals surface area contributed by atoms with Crippen molar-refractivity contribution in [2.24, 2.45) is 0 Å². The molecule has 0 radical (unpaired) electrons. The molecule has 1 heterocycles. The molecule has 3 heteroatoms. The Balaban J connectivity index is 2.14. The van der Waals surface area contributed by atoms with E-state index in [0.29, 0.717) is 0 Å². The number of pyridine rings is 1. The summed E-state index contributed by atoms with van der Waals surface area (Å²) in [5.41, 5.74) is 3.04. The normalized spacial score (nSPS) is 10.6. The molecule has 0 bridgehead atoms. The molecule has 100 valence electrons. The highest BCUT2D eigenvalue weighted by Gasteiger charge is 2.06. The Kier molecular flexibility index (Phi) is 5.04. The second-order valence-corrected chi connectivity index (χ2v) is 4.55. The minimum atomic E-state index is -0.232. The van der Waals surface area contributed by atoms with Gasteiger partial charge in [-0.05, 0) is 55.2 Å². The number of halogens is 1. The molecular weight excluding hydrogens is 241 g/mol. The van der Waals surface area contributed by atoms with E-state index < -0.39 is 0 Å². The zero-order valence-electron chi connectivity index (χ0n) is 10.8. The van der Waals surface area contributed by atoms with Crippen molar-refractivity contribution in [2.75, 3.05) is 6.61 Å². The number of hydrogen-bond acceptors (Lipinski definition) is 2. The van der Waals surface area contributed by atoms with Crippen LogP contribution < -0.4 is 0 Å². The minimum absolute atomic E-state index is 0.232. The lowest BCUT2D eigenvalue weighted by Crippen LogP contribution is -1.94. The van der Waals surface area contributed by atoms with Crippen LogP contribution in [-0.2, 0) is 6.42 Å². The van der Waals surface area contributed by atoms with Gasteiger partial charge in [-0.2, -0.15) is 0 Å². The van der Waals surface area contributed by atoms with Crippen LogP contribution in [0.5, 0.6) is 0 Å². The third-order valence-electron chi connectivity index (χ3n) is 3.11. The predicted octanol–water partition coefficient (Wildman–Crippen LogP) is 3.59. The number of hydrogen-bond donors (Lipinski definition) is 1. The largest absolute Gasteiger partial charge is 0.396 e. The van der Waals surface area contributed by atoms with Crippen LogP contribution in [0.4, 0.5) is 4.39 Å². The molecule has 0 spiro atoms. The molecule has 1 aromatic heterocycles. The number of benzene rings is 1. The van der Waals surface area contributed by atoms with Gasteiger partial charge in [0, 0.05) is 18.4 Å². The number of aromatic nitrogens is 1. The highest BCUT2D eigenvalue weighted by Crippen LogP contribution is 2.22. The van der Waals surface area contributed by atoms with E-state index in [1.54, 1.807) is 18.3 Å². The highest BCUT2D eigenvalue weighted by atomic mass is 19.1. The summed E-state index contributed by atoms with van der Waals surface area (Å²) >= 11 is 0. The molecule has 0 saturated carbocycles. The van der Waals surface area contributed by atoms with Crippen molar-refractivity contribution in [3.63, 3.8) is 0 Å². The monoisotopic (exact) mass is 259 g/mol. The van der Waals surface area contributed by atoms with Crippen molar-refractivity contribution in [3.8, 4) is 11.3 Å². The Labute approximate surface area is 112 Å². The molecule has 1 aromatic carbocycles. The first kappa shape index (κ1) is 13.7. The van der Waals surface area contributed by atoms with Crippen LogP contribution in [0.15, 0.2) is 42.6 Å². The summed E-state index contributed by atoms with van der Waals surface area (Å²) in [7, 11) is 0. The number of rotatable bonds is 6. The second-order valence-electron chi connectivity index (χ2n) is 4.55. The standard InChI is InChI=1S/C16H18FNO/c17-15-9-7-14(8-10-15)16-13(6-4-11-18-16)5-2-1-3-12-19/h4,6-11,19H,1-3,5,12H2. The fraction of sp³-hybridized carbons (Fsp3) is 0.312. The summed E-state index contributed by atoms with van der Waals surface area (Å²) < 4.78 is 12.9. The highest BCUT2D eigenvalue weighted by molar-refractivity contribution is 5.62. The molecule has 0 aliphatic heterocycles. The molecule has 0 atom stereocenters. The van der Waals surface area contributed by atoms with E-state index in [2.05, 4.69) is 11.1 Å².